The molecule has 0 spiro atoms. The van der Waals surface area contributed by atoms with E-state index in [2.05, 4.69) is 99.7 Å². The van der Waals surface area contributed by atoms with Gasteiger partial charge in [-0.1, -0.05) is 84.9 Å². The third-order valence-electron chi connectivity index (χ3n) is 15.2. The molecule has 0 heterocycles. The lowest BCUT2D eigenvalue weighted by Crippen LogP contribution is -2.61. The normalized spacial score (nSPS) is 13.7. The number of hydrogen-bond acceptors (Lipinski definition) is 20. The first-order chi connectivity index (χ1) is 49.0. The summed E-state index contributed by atoms with van der Waals surface area (Å²) >= 11 is 8.49. The van der Waals surface area contributed by atoms with Crippen molar-refractivity contribution in [2.24, 2.45) is 17.2 Å². The number of nitrogens with two attached hydrogens (primary N) is 3. The van der Waals surface area contributed by atoms with Crippen molar-refractivity contribution in [2.75, 3.05) is 44.3 Å². The molecule has 0 aromatic heterocycles. The lowest BCUT2D eigenvalue weighted by Gasteiger charge is -2.28. The Balaban J connectivity index is 1.60. The first-order valence-corrected chi connectivity index (χ1v) is 33.7. The summed E-state index contributed by atoms with van der Waals surface area (Å²) < 4.78 is 0. The number of benzene rings is 4. The molecule has 10 atom stereocenters. The number of thiol groups is 2. The zero-order valence-electron chi connectivity index (χ0n) is 56.5. The number of aromatic hydroxyl groups is 2. The van der Waals surface area contributed by atoms with E-state index >= 15 is 0 Å². The number of aliphatic hydroxyl groups excluding tert-OH is 1. The third-order valence-corrected chi connectivity index (χ3v) is 16.0. The van der Waals surface area contributed by atoms with Crippen LogP contribution >= 0.6 is 25.3 Å². The zero-order chi connectivity index (χ0) is 76.1. The second-order valence-corrected chi connectivity index (χ2v) is 24.3. The van der Waals surface area contributed by atoms with Crippen LogP contribution < -0.4 is 91.6 Å². The molecule has 0 fully saturated rings. The SMILES string of the molecule is CC(=O)NCC(=O)N[C@@H](Cc1ccc(O)cc1)C(=O)N[C@@H](CS)C(=O)N[C@@H](CCCNC(=N)N)C(=O)N[C@@H](Cc1ccccc1)C(=O)N[C@@H](Cc1ccccc1)C(=O)N[C@@H](CCCNC(=N)N)C(=O)N[C@@H](CO)C(=O)N[C@@H](C)C(=O)N[C@@H](CS)C(=O)N[C@@H](Cc1ccc(O)cc1)C(=O)NCC(N)=O. The molecule has 0 unspecified atom stereocenters. The molecular weight excluding hydrogens is 1380 g/mol. The molecule has 25 N–H and O–H groups in total. The average molecular weight is 1470 g/mol. The number of rotatable bonds is 43. The Morgan fingerprint density at radius 2 is 0.709 bits per heavy atom. The molecule has 0 radical (unpaired) electrons. The first-order valence-electron chi connectivity index (χ1n) is 32.4. The highest BCUT2D eigenvalue weighted by atomic mass is 32.1. The Morgan fingerprint density at radius 3 is 1.08 bits per heavy atom. The van der Waals surface area contributed by atoms with Crippen molar-refractivity contribution in [1.29, 1.82) is 10.8 Å². The Hall–Kier alpha value is -11.2. The van der Waals surface area contributed by atoms with Gasteiger partial charge in [0.1, 0.15) is 71.9 Å². The molecule has 0 aliphatic rings. The maximum absolute atomic E-state index is 14.9. The van der Waals surface area contributed by atoms with E-state index in [1.54, 1.807) is 60.7 Å². The minimum Gasteiger partial charge on any atom is -0.508 e. The van der Waals surface area contributed by atoms with Crippen molar-refractivity contribution in [2.45, 2.75) is 126 Å². The van der Waals surface area contributed by atoms with Gasteiger partial charge in [0.05, 0.1) is 19.7 Å². The predicted molar refractivity (Wildman–Crippen MR) is 383 cm³/mol. The standard InChI is InChI=1S/C66H91N19O16S2/c1-36(55(92)84-51(34-102)64(101)80-46(56(93)75-31-53(67)90)29-40-17-21-42(88)22-18-40)76-62(99)50(33-86)83-58(95)45(16-10-26-73-66(70)71)78-60(97)48(27-38-11-5-3-6-12-38)82-61(98)49(28-39-13-7-4-8-14-39)81-57(94)44(15-9-25-72-65(68)69)79-63(100)52(35-103)85-59(96)47(77-54(91)32-74-37(2)87)30-41-19-23-43(89)24-20-41/h3-8,11-14,17-24,36,44-52,86,88-89,102-103H,9-10,15-16,25-35H2,1-2H3,(H2,67,90)(H,74,87)(H,75,93)(H,76,99)(H,77,91)(H,78,97)(H,79,100)(H,80,101)(H,81,94)(H,82,98)(H,83,95)(H,84,92)(H,85,96)(H4,68,69,72)(H4,70,71,73)/t36-,44-,45-,46-,47-,48-,49-,50-,51-,52-/m0/s1. The zero-order valence-corrected chi connectivity index (χ0v) is 58.3. The summed E-state index contributed by atoms with van der Waals surface area (Å²) in [6.45, 7) is 0.294. The fourth-order valence-corrected chi connectivity index (χ4v) is 10.3. The van der Waals surface area contributed by atoms with E-state index in [9.17, 15) is 77.6 Å². The fraction of sp³-hybridized carbons (Fsp3) is 0.409. The summed E-state index contributed by atoms with van der Waals surface area (Å²) in [6, 6.07) is 13.0. The van der Waals surface area contributed by atoms with Crippen LogP contribution in [0.15, 0.2) is 109 Å². The Labute approximate surface area is 604 Å². The minimum atomic E-state index is -1.80. The number of carbonyl (C=O) groups excluding carboxylic acids is 13. The van der Waals surface area contributed by atoms with E-state index in [1.807, 2.05) is 0 Å². The topological polar surface area (TPSA) is 577 Å². The molecule has 35 nitrogen and oxygen atoms in total. The Morgan fingerprint density at radius 1 is 0.388 bits per heavy atom. The van der Waals surface area contributed by atoms with Gasteiger partial charge in [0, 0.05) is 57.2 Å². The van der Waals surface area contributed by atoms with Crippen molar-refractivity contribution in [3.05, 3.63) is 131 Å². The van der Waals surface area contributed by atoms with Gasteiger partial charge in [0.2, 0.25) is 76.8 Å². The van der Waals surface area contributed by atoms with Crippen LogP contribution in [0, 0.1) is 10.8 Å². The average Bonchev–Trinajstić information content (AvgIpc) is 0.858. The lowest BCUT2D eigenvalue weighted by molar-refractivity contribution is -0.136. The highest BCUT2D eigenvalue weighted by molar-refractivity contribution is 7.80. The summed E-state index contributed by atoms with van der Waals surface area (Å²) in [6.07, 6.45) is -1.01. The van der Waals surface area contributed by atoms with Crippen molar-refractivity contribution < 1.29 is 77.6 Å². The molecule has 4 rings (SSSR count). The minimum absolute atomic E-state index is 0.00757. The number of hydrogen-bond donors (Lipinski definition) is 24. The number of amides is 13. The number of aliphatic hydroxyl groups is 1. The van der Waals surface area contributed by atoms with Gasteiger partial charge in [0.25, 0.3) is 0 Å². The van der Waals surface area contributed by atoms with Gasteiger partial charge in [-0.05, 0) is 79.1 Å². The van der Waals surface area contributed by atoms with Crippen LogP contribution in [0.5, 0.6) is 11.5 Å². The van der Waals surface area contributed by atoms with Gasteiger partial charge in [-0.2, -0.15) is 25.3 Å². The van der Waals surface area contributed by atoms with Gasteiger partial charge in [0.15, 0.2) is 11.9 Å². The van der Waals surface area contributed by atoms with Crippen molar-refractivity contribution in [1.82, 2.24) is 74.4 Å². The van der Waals surface area contributed by atoms with E-state index in [-0.39, 0.29) is 87.5 Å². The van der Waals surface area contributed by atoms with Gasteiger partial charge in [-0.3, -0.25) is 73.1 Å². The largest absolute Gasteiger partial charge is 0.508 e. The van der Waals surface area contributed by atoms with Crippen LogP contribution in [-0.2, 0) is 88.0 Å². The van der Waals surface area contributed by atoms with Crippen LogP contribution in [0.4, 0.5) is 0 Å². The summed E-state index contributed by atoms with van der Waals surface area (Å²) in [5, 5.41) is 80.6. The van der Waals surface area contributed by atoms with Crippen molar-refractivity contribution >= 4 is 114 Å². The van der Waals surface area contributed by atoms with Gasteiger partial charge in [-0.25, -0.2) is 0 Å². The summed E-state index contributed by atoms with van der Waals surface area (Å²) in [4.78, 5) is 177. The van der Waals surface area contributed by atoms with Crippen LogP contribution in [0.2, 0.25) is 0 Å². The molecular formula is C66H91N19O16S2. The van der Waals surface area contributed by atoms with Crippen LogP contribution in [0.25, 0.3) is 0 Å². The second-order valence-electron chi connectivity index (χ2n) is 23.6. The van der Waals surface area contributed by atoms with E-state index < -0.39 is 169 Å². The Kier molecular flexibility index (Phi) is 36.1. The Bertz CT molecular complexity index is 3570. The molecule has 0 aliphatic heterocycles. The highest BCUT2D eigenvalue weighted by Crippen LogP contribution is 2.15. The van der Waals surface area contributed by atoms with E-state index in [0.29, 0.717) is 22.3 Å². The van der Waals surface area contributed by atoms with E-state index in [1.165, 1.54) is 62.4 Å². The summed E-state index contributed by atoms with van der Waals surface area (Å²) in [5.74, 6) is -13.4. The predicted octanol–water partition coefficient (Wildman–Crippen LogP) is -5.65. The molecule has 0 aliphatic carbocycles. The van der Waals surface area contributed by atoms with Crippen LogP contribution in [0.3, 0.4) is 0 Å². The molecule has 13 amide bonds. The number of carbonyl (C=O) groups is 13. The first kappa shape index (κ1) is 84.2. The number of primary amides is 1. The molecule has 0 bridgehead atoms. The fourth-order valence-electron chi connectivity index (χ4n) is 9.78. The number of phenolic OH excluding ortho intramolecular Hbond substituents is 2. The van der Waals surface area contributed by atoms with Gasteiger partial charge < -0.3 is 107 Å². The smallest absolute Gasteiger partial charge is 0.245 e. The van der Waals surface area contributed by atoms with Crippen molar-refractivity contribution in [3.8, 4) is 11.5 Å². The molecule has 4 aromatic carbocycles. The summed E-state index contributed by atoms with van der Waals surface area (Å²) in [5.41, 5.74) is 18.2. The molecule has 37 heteroatoms. The van der Waals surface area contributed by atoms with Crippen LogP contribution in [0.1, 0.15) is 61.8 Å². The monoisotopic (exact) mass is 1470 g/mol. The quantitative estimate of drug-likeness (QED) is 0.00850. The highest BCUT2D eigenvalue weighted by Gasteiger charge is 2.36. The molecule has 0 saturated carbocycles. The maximum atomic E-state index is 14.9. The van der Waals surface area contributed by atoms with E-state index in [0.717, 1.165) is 0 Å². The second kappa shape index (κ2) is 44.1. The van der Waals surface area contributed by atoms with Crippen molar-refractivity contribution in [3.63, 3.8) is 0 Å². The molecule has 0 saturated heterocycles. The van der Waals surface area contributed by atoms with Gasteiger partial charge in [-0.15, -0.1) is 0 Å². The molecule has 4 aromatic rings. The molecule has 558 valence electrons. The third kappa shape index (κ3) is 31.5. The van der Waals surface area contributed by atoms with Crippen LogP contribution in [-0.4, -0.2) is 209 Å². The maximum Gasteiger partial charge on any atom is 0.245 e. The summed E-state index contributed by atoms with van der Waals surface area (Å²) in [7, 11) is 0. The number of nitrogens with one attached hydrogen (secondary N) is 16. The van der Waals surface area contributed by atoms with Gasteiger partial charge >= 0.3 is 0 Å². The number of guanidine groups is 2. The molecule has 103 heavy (non-hydrogen) atoms. The van der Waals surface area contributed by atoms with E-state index in [4.69, 9.17) is 28.0 Å². The number of phenols is 2. The lowest BCUT2D eigenvalue weighted by atomic mass is 10.0.